The van der Waals surface area contributed by atoms with Crippen LogP contribution in [0.4, 0.5) is 0 Å². The molecule has 0 aromatic heterocycles. The fraction of sp³-hybridized carbons (Fsp3) is 0.353. The highest BCUT2D eigenvalue weighted by Gasteiger charge is 2.32. The maximum atomic E-state index is 12.1. The molecular weight excluding hydrogens is 266 g/mol. The summed E-state index contributed by atoms with van der Waals surface area (Å²) >= 11 is 0. The highest BCUT2D eigenvalue weighted by Crippen LogP contribution is 2.29. The number of hydrogen-bond acceptors (Lipinski definition) is 3. The van der Waals surface area contributed by atoms with E-state index >= 15 is 0 Å². The van der Waals surface area contributed by atoms with Crippen LogP contribution in [0.5, 0.6) is 5.75 Å². The first kappa shape index (κ1) is 13.7. The van der Waals surface area contributed by atoms with Crippen LogP contribution in [0.15, 0.2) is 42.2 Å². The fourth-order valence-corrected chi connectivity index (χ4v) is 2.43. The standard InChI is InChI=1S/C17H19NO3/c1-17(2,3)21-13-10-15(19)18(11-13)16-9-8-12-6-4-5-7-14(12)20-16/h4-10,16H,11H2,1-3H3. The van der Waals surface area contributed by atoms with Crippen molar-refractivity contribution in [3.8, 4) is 5.75 Å². The Morgan fingerprint density at radius 1 is 1.29 bits per heavy atom. The summed E-state index contributed by atoms with van der Waals surface area (Å²) in [5.41, 5.74) is 0.720. The van der Waals surface area contributed by atoms with Crippen LogP contribution in [0.1, 0.15) is 26.3 Å². The Morgan fingerprint density at radius 3 is 2.81 bits per heavy atom. The lowest BCUT2D eigenvalue weighted by Gasteiger charge is -2.30. The predicted octanol–water partition coefficient (Wildman–Crippen LogP) is 2.96. The van der Waals surface area contributed by atoms with Gasteiger partial charge < -0.3 is 9.47 Å². The van der Waals surface area contributed by atoms with Crippen molar-refractivity contribution in [1.82, 2.24) is 4.90 Å². The second kappa shape index (κ2) is 4.95. The summed E-state index contributed by atoms with van der Waals surface area (Å²) in [6.45, 7) is 6.34. The number of nitrogens with zero attached hydrogens (tertiary/aromatic N) is 1. The highest BCUT2D eigenvalue weighted by atomic mass is 16.5. The first-order valence-corrected chi connectivity index (χ1v) is 7.06. The average molecular weight is 285 g/mol. The Kier molecular flexibility index (Phi) is 3.24. The second-order valence-electron chi connectivity index (χ2n) is 6.20. The normalized spacial score (nSPS) is 20.9. The van der Waals surface area contributed by atoms with Gasteiger partial charge in [-0.3, -0.25) is 9.69 Å². The van der Waals surface area contributed by atoms with Gasteiger partial charge in [-0.15, -0.1) is 0 Å². The third-order valence-corrected chi connectivity index (χ3v) is 3.25. The van der Waals surface area contributed by atoms with E-state index in [1.807, 2.05) is 57.2 Å². The molecule has 0 spiro atoms. The number of ether oxygens (including phenoxy) is 2. The lowest BCUT2D eigenvalue weighted by atomic mass is 10.1. The number of carbonyl (C=O) groups is 1. The molecule has 0 saturated carbocycles. The minimum absolute atomic E-state index is 0.0803. The molecule has 3 rings (SSSR count). The molecular formula is C17H19NO3. The fourth-order valence-electron chi connectivity index (χ4n) is 2.43. The van der Waals surface area contributed by atoms with Crippen LogP contribution in [-0.2, 0) is 9.53 Å². The van der Waals surface area contributed by atoms with Crippen LogP contribution >= 0.6 is 0 Å². The van der Waals surface area contributed by atoms with Crippen molar-refractivity contribution in [3.63, 3.8) is 0 Å². The zero-order valence-corrected chi connectivity index (χ0v) is 12.5. The molecule has 2 aliphatic heterocycles. The third-order valence-electron chi connectivity index (χ3n) is 3.25. The Balaban J connectivity index is 1.72. The molecule has 4 heteroatoms. The van der Waals surface area contributed by atoms with Crippen molar-refractivity contribution in [1.29, 1.82) is 0 Å². The summed E-state index contributed by atoms with van der Waals surface area (Å²) in [5.74, 6) is 1.40. The van der Waals surface area contributed by atoms with Gasteiger partial charge >= 0.3 is 0 Å². The minimum atomic E-state index is -0.385. The van der Waals surface area contributed by atoms with E-state index in [9.17, 15) is 4.79 Å². The topological polar surface area (TPSA) is 38.8 Å². The summed E-state index contributed by atoms with van der Waals surface area (Å²) in [7, 11) is 0. The first-order valence-electron chi connectivity index (χ1n) is 7.06. The SMILES string of the molecule is CC(C)(C)OC1=CC(=O)N(C2C=Cc3ccccc3O2)C1. The number of para-hydroxylation sites is 1. The summed E-state index contributed by atoms with van der Waals surface area (Å²) in [4.78, 5) is 13.8. The van der Waals surface area contributed by atoms with Gasteiger partial charge in [0.2, 0.25) is 0 Å². The molecule has 1 unspecified atom stereocenters. The van der Waals surface area contributed by atoms with E-state index in [2.05, 4.69) is 0 Å². The molecule has 110 valence electrons. The molecule has 0 fully saturated rings. The van der Waals surface area contributed by atoms with Gasteiger partial charge in [0, 0.05) is 11.6 Å². The smallest absolute Gasteiger partial charge is 0.253 e. The molecule has 1 amide bonds. The quantitative estimate of drug-likeness (QED) is 0.838. The van der Waals surface area contributed by atoms with Crippen molar-refractivity contribution in [2.24, 2.45) is 0 Å². The van der Waals surface area contributed by atoms with Gasteiger partial charge in [0.25, 0.3) is 5.91 Å². The molecule has 21 heavy (non-hydrogen) atoms. The molecule has 1 aromatic carbocycles. The van der Waals surface area contributed by atoms with Crippen LogP contribution < -0.4 is 4.74 Å². The van der Waals surface area contributed by atoms with Gasteiger partial charge in [-0.1, -0.05) is 18.2 Å². The number of hydrogen-bond donors (Lipinski definition) is 0. The number of amides is 1. The van der Waals surface area contributed by atoms with Crippen LogP contribution in [0.3, 0.4) is 0 Å². The van der Waals surface area contributed by atoms with Crippen molar-refractivity contribution in [3.05, 3.63) is 47.7 Å². The maximum Gasteiger partial charge on any atom is 0.253 e. The van der Waals surface area contributed by atoms with Crippen molar-refractivity contribution < 1.29 is 14.3 Å². The van der Waals surface area contributed by atoms with Gasteiger partial charge in [-0.2, -0.15) is 0 Å². The molecule has 2 aliphatic rings. The Morgan fingerprint density at radius 2 is 2.05 bits per heavy atom. The Bertz CT molecular complexity index is 625. The number of benzene rings is 1. The van der Waals surface area contributed by atoms with E-state index in [1.54, 1.807) is 11.0 Å². The van der Waals surface area contributed by atoms with Crippen molar-refractivity contribution >= 4 is 12.0 Å². The van der Waals surface area contributed by atoms with Gasteiger partial charge in [-0.05, 0) is 39.0 Å². The van der Waals surface area contributed by atoms with Crippen LogP contribution in [-0.4, -0.2) is 29.2 Å². The van der Waals surface area contributed by atoms with E-state index < -0.39 is 0 Å². The molecule has 1 atom stereocenters. The summed E-state index contributed by atoms with van der Waals surface area (Å²) in [6.07, 6.45) is 5.04. The molecule has 0 bridgehead atoms. The minimum Gasteiger partial charge on any atom is -0.490 e. The van der Waals surface area contributed by atoms with Crippen LogP contribution in [0.25, 0.3) is 6.08 Å². The van der Waals surface area contributed by atoms with Crippen LogP contribution in [0, 0.1) is 0 Å². The second-order valence-corrected chi connectivity index (χ2v) is 6.20. The van der Waals surface area contributed by atoms with E-state index in [1.165, 1.54) is 0 Å². The number of rotatable bonds is 2. The monoisotopic (exact) mass is 285 g/mol. The maximum absolute atomic E-state index is 12.1. The molecule has 0 N–H and O–H groups in total. The third kappa shape index (κ3) is 2.94. The zero-order valence-electron chi connectivity index (χ0n) is 12.5. The largest absolute Gasteiger partial charge is 0.490 e. The molecule has 1 aromatic rings. The van der Waals surface area contributed by atoms with Gasteiger partial charge in [0.1, 0.15) is 17.1 Å². The molecule has 2 heterocycles. The summed E-state index contributed by atoms with van der Waals surface area (Å²) < 4.78 is 11.7. The van der Waals surface area contributed by atoms with Crippen LogP contribution in [0.2, 0.25) is 0 Å². The van der Waals surface area contributed by atoms with Gasteiger partial charge in [-0.25, -0.2) is 0 Å². The van der Waals surface area contributed by atoms with Crippen molar-refractivity contribution in [2.45, 2.75) is 32.6 Å². The molecule has 4 nitrogen and oxygen atoms in total. The Hall–Kier alpha value is -2.23. The Labute approximate surface area is 124 Å². The molecule has 0 saturated heterocycles. The highest BCUT2D eigenvalue weighted by molar-refractivity contribution is 5.91. The lowest BCUT2D eigenvalue weighted by molar-refractivity contribution is -0.130. The van der Waals surface area contributed by atoms with E-state index in [0.29, 0.717) is 12.3 Å². The lowest BCUT2D eigenvalue weighted by Crippen LogP contribution is -2.41. The average Bonchev–Trinajstić information content (AvgIpc) is 2.76. The summed E-state index contributed by atoms with van der Waals surface area (Å²) in [6, 6.07) is 7.78. The van der Waals surface area contributed by atoms with E-state index in [0.717, 1.165) is 11.3 Å². The van der Waals surface area contributed by atoms with E-state index in [4.69, 9.17) is 9.47 Å². The molecule has 0 aliphatic carbocycles. The molecule has 0 radical (unpaired) electrons. The number of fused-ring (bicyclic) bond motifs is 1. The predicted molar refractivity (Wildman–Crippen MR) is 80.5 cm³/mol. The van der Waals surface area contributed by atoms with E-state index in [-0.39, 0.29) is 17.7 Å². The van der Waals surface area contributed by atoms with Gasteiger partial charge in [0.05, 0.1) is 6.54 Å². The number of carbonyl (C=O) groups excluding carboxylic acids is 1. The first-order chi connectivity index (χ1) is 9.92. The summed E-state index contributed by atoms with van der Waals surface area (Å²) in [5, 5.41) is 0. The van der Waals surface area contributed by atoms with Gasteiger partial charge in [0.15, 0.2) is 6.23 Å². The van der Waals surface area contributed by atoms with Crippen molar-refractivity contribution in [2.75, 3.05) is 6.54 Å². The zero-order chi connectivity index (χ0) is 15.0.